The molecule has 5 heteroatoms. The lowest BCUT2D eigenvalue weighted by Gasteiger charge is -2.39. The Balaban J connectivity index is 1.82. The molecule has 2 amide bonds. The maximum Gasteiger partial charge on any atom is 0.320 e. The van der Waals surface area contributed by atoms with Crippen LogP contribution in [0.2, 0.25) is 0 Å². The van der Waals surface area contributed by atoms with Crippen molar-refractivity contribution in [3.63, 3.8) is 0 Å². The van der Waals surface area contributed by atoms with E-state index in [1.165, 1.54) is 6.42 Å². The van der Waals surface area contributed by atoms with Crippen LogP contribution in [0.1, 0.15) is 26.2 Å². The summed E-state index contributed by atoms with van der Waals surface area (Å²) in [4.78, 5) is 26.3. The molecule has 1 N–H and O–H groups in total. The molecule has 0 radical (unpaired) electrons. The van der Waals surface area contributed by atoms with Crippen molar-refractivity contribution in [2.75, 3.05) is 26.2 Å². The summed E-state index contributed by atoms with van der Waals surface area (Å²) in [6, 6.07) is 0.0246. The van der Waals surface area contributed by atoms with Gasteiger partial charge in [0.25, 0.3) is 0 Å². The second-order valence-corrected chi connectivity index (χ2v) is 5.25. The van der Waals surface area contributed by atoms with Crippen molar-refractivity contribution in [2.45, 2.75) is 26.2 Å². The lowest BCUT2D eigenvalue weighted by atomic mass is 10.0. The number of carbonyl (C=O) groups excluding carboxylic acids is 1. The Hall–Kier alpha value is -1.26. The van der Waals surface area contributed by atoms with Gasteiger partial charge in [0.05, 0.1) is 5.92 Å². The highest BCUT2D eigenvalue weighted by Crippen LogP contribution is 2.21. The van der Waals surface area contributed by atoms with E-state index in [-0.39, 0.29) is 11.9 Å². The third-order valence-electron chi connectivity index (χ3n) is 3.79. The van der Waals surface area contributed by atoms with Crippen LogP contribution >= 0.6 is 0 Å². The predicted molar refractivity (Wildman–Crippen MR) is 62.7 cm³/mol. The van der Waals surface area contributed by atoms with Crippen molar-refractivity contribution in [1.82, 2.24) is 9.80 Å². The molecule has 2 saturated heterocycles. The van der Waals surface area contributed by atoms with Crippen LogP contribution < -0.4 is 0 Å². The lowest BCUT2D eigenvalue weighted by molar-refractivity contribution is -0.146. The largest absolute Gasteiger partial charge is 0.481 e. The maximum atomic E-state index is 12.1. The fraction of sp³-hybridized carbons (Fsp3) is 0.833. The molecule has 0 bridgehead atoms. The SMILES string of the molecule is CC1CCCN(C(=O)N2CC(C(=O)O)C2)CC1. The first-order valence-electron chi connectivity index (χ1n) is 6.34. The van der Waals surface area contributed by atoms with Gasteiger partial charge in [-0.15, -0.1) is 0 Å². The monoisotopic (exact) mass is 240 g/mol. The van der Waals surface area contributed by atoms with E-state index >= 15 is 0 Å². The predicted octanol–water partition coefficient (Wildman–Crippen LogP) is 1.24. The highest BCUT2D eigenvalue weighted by molar-refractivity contribution is 5.79. The summed E-state index contributed by atoms with van der Waals surface area (Å²) in [5, 5.41) is 8.77. The molecule has 2 aliphatic heterocycles. The zero-order valence-electron chi connectivity index (χ0n) is 10.3. The summed E-state index contributed by atoms with van der Waals surface area (Å²) in [7, 11) is 0. The average molecular weight is 240 g/mol. The van der Waals surface area contributed by atoms with Crippen molar-refractivity contribution < 1.29 is 14.7 Å². The molecule has 0 saturated carbocycles. The number of carboxylic acids is 1. The van der Waals surface area contributed by atoms with Crippen LogP contribution in [0.5, 0.6) is 0 Å². The first-order chi connectivity index (χ1) is 8.08. The summed E-state index contributed by atoms with van der Waals surface area (Å²) in [5.41, 5.74) is 0. The molecule has 2 heterocycles. The van der Waals surface area contributed by atoms with E-state index in [2.05, 4.69) is 6.92 Å². The van der Waals surface area contributed by atoms with Crippen molar-refractivity contribution in [3.05, 3.63) is 0 Å². The number of likely N-dealkylation sites (tertiary alicyclic amines) is 2. The standard InChI is InChI=1S/C12H20N2O3/c1-9-3-2-5-13(6-4-9)12(17)14-7-10(8-14)11(15)16/h9-10H,2-8H2,1H3,(H,15,16). The van der Waals surface area contributed by atoms with E-state index < -0.39 is 5.97 Å². The van der Waals surface area contributed by atoms with Crippen LogP contribution in [0, 0.1) is 11.8 Å². The number of nitrogens with zero attached hydrogens (tertiary/aromatic N) is 2. The normalized spacial score (nSPS) is 26.3. The second-order valence-electron chi connectivity index (χ2n) is 5.25. The van der Waals surface area contributed by atoms with E-state index in [4.69, 9.17) is 5.11 Å². The fourth-order valence-electron chi connectivity index (χ4n) is 2.45. The van der Waals surface area contributed by atoms with Gasteiger partial charge in [-0.2, -0.15) is 0 Å². The Labute approximate surface area is 101 Å². The Kier molecular flexibility index (Phi) is 3.54. The van der Waals surface area contributed by atoms with Gasteiger partial charge in [-0.3, -0.25) is 4.79 Å². The number of carboxylic acid groups (broad SMARTS) is 1. The molecule has 0 spiro atoms. The molecule has 1 atom stereocenters. The Morgan fingerprint density at radius 3 is 2.47 bits per heavy atom. The van der Waals surface area contributed by atoms with Gasteiger partial charge in [0.15, 0.2) is 0 Å². The van der Waals surface area contributed by atoms with Crippen molar-refractivity contribution in [2.24, 2.45) is 11.8 Å². The molecule has 96 valence electrons. The van der Waals surface area contributed by atoms with Gasteiger partial charge in [-0.1, -0.05) is 6.92 Å². The van der Waals surface area contributed by atoms with Crippen LogP contribution in [-0.2, 0) is 4.79 Å². The smallest absolute Gasteiger partial charge is 0.320 e. The van der Waals surface area contributed by atoms with Crippen molar-refractivity contribution in [1.29, 1.82) is 0 Å². The first-order valence-corrected chi connectivity index (χ1v) is 6.34. The number of rotatable bonds is 1. The quantitative estimate of drug-likeness (QED) is 0.750. The summed E-state index contributed by atoms with van der Waals surface area (Å²) in [5.74, 6) is -0.459. The van der Waals surface area contributed by atoms with Gasteiger partial charge >= 0.3 is 12.0 Å². The van der Waals surface area contributed by atoms with Crippen molar-refractivity contribution >= 4 is 12.0 Å². The molecular weight excluding hydrogens is 220 g/mol. The molecule has 5 nitrogen and oxygen atoms in total. The van der Waals surface area contributed by atoms with Gasteiger partial charge in [-0.25, -0.2) is 4.79 Å². The molecule has 2 fully saturated rings. The topological polar surface area (TPSA) is 60.9 Å². The van der Waals surface area contributed by atoms with Crippen LogP contribution in [-0.4, -0.2) is 53.1 Å². The van der Waals surface area contributed by atoms with Crippen LogP contribution in [0.25, 0.3) is 0 Å². The molecule has 17 heavy (non-hydrogen) atoms. The van der Waals surface area contributed by atoms with E-state index in [9.17, 15) is 9.59 Å². The van der Waals surface area contributed by atoms with E-state index in [0.717, 1.165) is 25.9 Å². The number of aliphatic carboxylic acids is 1. The Bertz CT molecular complexity index is 313. The minimum absolute atomic E-state index is 0.0246. The molecule has 2 aliphatic rings. The first kappa shape index (κ1) is 12.2. The second kappa shape index (κ2) is 4.94. The number of amides is 2. The zero-order valence-corrected chi connectivity index (χ0v) is 10.3. The molecular formula is C12H20N2O3. The van der Waals surface area contributed by atoms with Crippen LogP contribution in [0.15, 0.2) is 0 Å². The maximum absolute atomic E-state index is 12.1. The van der Waals surface area contributed by atoms with Gasteiger partial charge < -0.3 is 14.9 Å². The zero-order chi connectivity index (χ0) is 12.4. The van der Waals surface area contributed by atoms with Gasteiger partial charge in [-0.05, 0) is 25.2 Å². The Morgan fingerprint density at radius 1 is 1.12 bits per heavy atom. The summed E-state index contributed by atoms with van der Waals surface area (Å²) in [6.45, 7) is 4.60. The number of urea groups is 1. The number of carbonyl (C=O) groups is 2. The molecule has 2 rings (SSSR count). The number of hydrogen-bond donors (Lipinski definition) is 1. The van der Waals surface area contributed by atoms with E-state index in [0.29, 0.717) is 19.0 Å². The highest BCUT2D eigenvalue weighted by Gasteiger charge is 2.37. The van der Waals surface area contributed by atoms with Gasteiger partial charge in [0, 0.05) is 26.2 Å². The third kappa shape index (κ3) is 2.70. The summed E-state index contributed by atoms with van der Waals surface area (Å²) < 4.78 is 0. The highest BCUT2D eigenvalue weighted by atomic mass is 16.4. The van der Waals surface area contributed by atoms with E-state index in [1.54, 1.807) is 4.90 Å². The van der Waals surface area contributed by atoms with Crippen molar-refractivity contribution in [3.8, 4) is 0 Å². The lowest BCUT2D eigenvalue weighted by Crippen LogP contribution is -2.57. The molecule has 1 unspecified atom stereocenters. The average Bonchev–Trinajstić information content (AvgIpc) is 2.39. The van der Waals surface area contributed by atoms with Crippen LogP contribution in [0.3, 0.4) is 0 Å². The molecule has 0 aromatic rings. The third-order valence-corrected chi connectivity index (χ3v) is 3.79. The van der Waals surface area contributed by atoms with E-state index in [1.807, 2.05) is 4.90 Å². The molecule has 0 aliphatic carbocycles. The fourth-order valence-corrected chi connectivity index (χ4v) is 2.45. The van der Waals surface area contributed by atoms with Gasteiger partial charge in [0.1, 0.15) is 0 Å². The summed E-state index contributed by atoms with van der Waals surface area (Å²) in [6.07, 6.45) is 3.30. The Morgan fingerprint density at radius 2 is 1.82 bits per heavy atom. The van der Waals surface area contributed by atoms with Gasteiger partial charge in [0.2, 0.25) is 0 Å². The minimum Gasteiger partial charge on any atom is -0.481 e. The molecule has 0 aromatic carbocycles. The minimum atomic E-state index is -0.793. The number of hydrogen-bond acceptors (Lipinski definition) is 2. The molecule has 0 aromatic heterocycles. The van der Waals surface area contributed by atoms with Crippen LogP contribution in [0.4, 0.5) is 4.79 Å². The summed E-state index contributed by atoms with van der Waals surface area (Å²) >= 11 is 0.